The van der Waals surface area contributed by atoms with E-state index in [-0.39, 0.29) is 11.9 Å². The fraction of sp³-hybridized carbons (Fsp3) is 0.143. The van der Waals surface area contributed by atoms with Crippen molar-refractivity contribution in [2.75, 3.05) is 5.75 Å². The lowest BCUT2D eigenvalue weighted by Gasteiger charge is -2.11. The summed E-state index contributed by atoms with van der Waals surface area (Å²) >= 11 is 5.06. The summed E-state index contributed by atoms with van der Waals surface area (Å²) in [5, 5.41) is 0. The maximum absolute atomic E-state index is 13.1. The van der Waals surface area contributed by atoms with Crippen LogP contribution in [0.4, 0.5) is 4.39 Å². The van der Waals surface area contributed by atoms with Gasteiger partial charge in [-0.25, -0.2) is 4.39 Å². The third-order valence-electron chi connectivity index (χ3n) is 2.52. The minimum absolute atomic E-state index is 0.158. The molecule has 18 heavy (non-hydrogen) atoms. The number of hydrogen-bond acceptors (Lipinski definition) is 2. The fourth-order valence-electron chi connectivity index (χ4n) is 1.55. The molecule has 1 nitrogen and oxygen atoms in total. The molecule has 0 aliphatic rings. The summed E-state index contributed by atoms with van der Waals surface area (Å²) in [7, 11) is 0. The van der Waals surface area contributed by atoms with Gasteiger partial charge in [0, 0.05) is 21.2 Å². The molecule has 0 bridgehead atoms. The van der Waals surface area contributed by atoms with Crippen molar-refractivity contribution < 1.29 is 4.39 Å². The molecule has 2 N–H and O–H groups in total. The normalized spacial score (nSPS) is 12.4. The molecular formula is C14H13BrFNS. The van der Waals surface area contributed by atoms with Gasteiger partial charge in [-0.2, -0.15) is 0 Å². The van der Waals surface area contributed by atoms with Crippen molar-refractivity contribution in [1.82, 2.24) is 0 Å². The quantitative estimate of drug-likeness (QED) is 0.844. The van der Waals surface area contributed by atoms with E-state index in [0.717, 1.165) is 20.7 Å². The van der Waals surface area contributed by atoms with Crippen molar-refractivity contribution in [1.29, 1.82) is 0 Å². The van der Waals surface area contributed by atoms with Crippen LogP contribution in [0.25, 0.3) is 0 Å². The number of rotatable bonds is 4. The Morgan fingerprint density at radius 2 is 1.89 bits per heavy atom. The van der Waals surface area contributed by atoms with E-state index < -0.39 is 0 Å². The lowest BCUT2D eigenvalue weighted by atomic mass is 10.1. The standard InChI is InChI=1S/C14H13BrFNS/c15-11-4-6-13(7-5-11)18-9-14(17)10-2-1-3-12(16)8-10/h1-8,14H,9,17H2. The third kappa shape index (κ3) is 3.83. The molecule has 2 aromatic carbocycles. The fourth-order valence-corrected chi connectivity index (χ4v) is 2.71. The van der Waals surface area contributed by atoms with Crippen LogP contribution >= 0.6 is 27.7 Å². The maximum Gasteiger partial charge on any atom is 0.123 e. The van der Waals surface area contributed by atoms with Gasteiger partial charge in [0.25, 0.3) is 0 Å². The number of hydrogen-bond donors (Lipinski definition) is 1. The van der Waals surface area contributed by atoms with Crippen molar-refractivity contribution in [3.8, 4) is 0 Å². The second-order valence-corrected chi connectivity index (χ2v) is 5.94. The Bertz CT molecular complexity index is 515. The van der Waals surface area contributed by atoms with Gasteiger partial charge in [0.05, 0.1) is 0 Å². The summed E-state index contributed by atoms with van der Waals surface area (Å²) in [6.45, 7) is 0. The van der Waals surface area contributed by atoms with E-state index in [1.807, 2.05) is 30.3 Å². The van der Waals surface area contributed by atoms with Crippen molar-refractivity contribution in [3.05, 3.63) is 64.4 Å². The van der Waals surface area contributed by atoms with E-state index in [2.05, 4.69) is 15.9 Å². The molecule has 0 saturated carbocycles. The molecule has 0 amide bonds. The summed E-state index contributed by atoms with van der Waals surface area (Å²) in [5.41, 5.74) is 6.88. The zero-order valence-electron chi connectivity index (χ0n) is 9.64. The molecule has 2 aromatic rings. The van der Waals surface area contributed by atoms with Crippen LogP contribution in [0.5, 0.6) is 0 Å². The Balaban J connectivity index is 1.96. The lowest BCUT2D eigenvalue weighted by Crippen LogP contribution is -2.13. The van der Waals surface area contributed by atoms with Gasteiger partial charge in [0.15, 0.2) is 0 Å². The van der Waals surface area contributed by atoms with Gasteiger partial charge in [0.1, 0.15) is 5.82 Å². The molecule has 0 fully saturated rings. The molecule has 0 spiro atoms. The predicted octanol–water partition coefficient (Wildman–Crippen LogP) is 4.38. The van der Waals surface area contributed by atoms with E-state index in [4.69, 9.17) is 5.73 Å². The van der Waals surface area contributed by atoms with Crippen LogP contribution < -0.4 is 5.73 Å². The van der Waals surface area contributed by atoms with Gasteiger partial charge in [-0.05, 0) is 42.0 Å². The predicted molar refractivity (Wildman–Crippen MR) is 78.2 cm³/mol. The van der Waals surface area contributed by atoms with Crippen molar-refractivity contribution >= 4 is 27.7 Å². The Kier molecular flexibility index (Phi) is 4.80. The SMILES string of the molecule is NC(CSc1ccc(Br)cc1)c1cccc(F)c1. The molecule has 0 aliphatic carbocycles. The highest BCUT2D eigenvalue weighted by Gasteiger charge is 2.07. The largest absolute Gasteiger partial charge is 0.323 e. The minimum Gasteiger partial charge on any atom is -0.323 e. The zero-order chi connectivity index (χ0) is 13.0. The minimum atomic E-state index is -0.239. The van der Waals surface area contributed by atoms with Crippen LogP contribution in [-0.2, 0) is 0 Å². The van der Waals surface area contributed by atoms with Crippen LogP contribution in [0.2, 0.25) is 0 Å². The average Bonchev–Trinajstić information content (AvgIpc) is 2.38. The van der Waals surface area contributed by atoms with Crippen LogP contribution in [-0.4, -0.2) is 5.75 Å². The third-order valence-corrected chi connectivity index (χ3v) is 4.18. The summed E-state index contributed by atoms with van der Waals surface area (Å²) in [6.07, 6.45) is 0. The second-order valence-electron chi connectivity index (χ2n) is 3.93. The Morgan fingerprint density at radius 3 is 2.56 bits per heavy atom. The molecule has 0 heterocycles. The number of thioether (sulfide) groups is 1. The lowest BCUT2D eigenvalue weighted by molar-refractivity contribution is 0.622. The maximum atomic E-state index is 13.1. The first-order valence-corrected chi connectivity index (χ1v) is 7.32. The Morgan fingerprint density at radius 1 is 1.17 bits per heavy atom. The Hall–Kier alpha value is -0.840. The molecule has 0 saturated heterocycles. The van der Waals surface area contributed by atoms with Gasteiger partial charge < -0.3 is 5.73 Å². The van der Waals surface area contributed by atoms with Gasteiger partial charge in [-0.3, -0.25) is 0 Å². The van der Waals surface area contributed by atoms with E-state index in [1.165, 1.54) is 12.1 Å². The Labute approximate surface area is 119 Å². The molecule has 1 unspecified atom stereocenters. The smallest absolute Gasteiger partial charge is 0.123 e. The van der Waals surface area contributed by atoms with Gasteiger partial charge >= 0.3 is 0 Å². The van der Waals surface area contributed by atoms with Crippen molar-refractivity contribution in [3.63, 3.8) is 0 Å². The molecular weight excluding hydrogens is 313 g/mol. The first-order chi connectivity index (χ1) is 8.65. The van der Waals surface area contributed by atoms with Crippen LogP contribution in [0.1, 0.15) is 11.6 Å². The van der Waals surface area contributed by atoms with E-state index >= 15 is 0 Å². The van der Waals surface area contributed by atoms with Crippen molar-refractivity contribution in [2.45, 2.75) is 10.9 Å². The first-order valence-electron chi connectivity index (χ1n) is 5.54. The van der Waals surface area contributed by atoms with E-state index in [9.17, 15) is 4.39 Å². The number of halogens is 2. The molecule has 4 heteroatoms. The zero-order valence-corrected chi connectivity index (χ0v) is 12.0. The highest BCUT2D eigenvalue weighted by atomic mass is 79.9. The van der Waals surface area contributed by atoms with Crippen LogP contribution in [0.15, 0.2) is 57.9 Å². The average molecular weight is 326 g/mol. The summed E-state index contributed by atoms with van der Waals surface area (Å²) < 4.78 is 14.1. The van der Waals surface area contributed by atoms with Gasteiger partial charge in [-0.1, -0.05) is 28.1 Å². The van der Waals surface area contributed by atoms with Crippen LogP contribution in [0, 0.1) is 5.82 Å². The highest BCUT2D eigenvalue weighted by Crippen LogP contribution is 2.25. The molecule has 2 rings (SSSR count). The summed E-state index contributed by atoms with van der Waals surface area (Å²) in [6, 6.07) is 14.4. The highest BCUT2D eigenvalue weighted by molar-refractivity contribution is 9.10. The second kappa shape index (κ2) is 6.36. The van der Waals surface area contributed by atoms with Crippen molar-refractivity contribution in [2.24, 2.45) is 5.73 Å². The number of benzene rings is 2. The van der Waals surface area contributed by atoms with Gasteiger partial charge in [-0.15, -0.1) is 11.8 Å². The monoisotopic (exact) mass is 325 g/mol. The molecule has 1 atom stereocenters. The van der Waals surface area contributed by atoms with E-state index in [0.29, 0.717) is 0 Å². The topological polar surface area (TPSA) is 26.0 Å². The number of nitrogens with two attached hydrogens (primary N) is 1. The molecule has 0 aliphatic heterocycles. The van der Waals surface area contributed by atoms with E-state index in [1.54, 1.807) is 17.8 Å². The first kappa shape index (κ1) is 13.6. The summed E-state index contributed by atoms with van der Waals surface area (Å²) in [5.74, 6) is 0.488. The molecule has 0 radical (unpaired) electrons. The van der Waals surface area contributed by atoms with Gasteiger partial charge in [0.2, 0.25) is 0 Å². The van der Waals surface area contributed by atoms with Crippen LogP contribution in [0.3, 0.4) is 0 Å². The molecule has 94 valence electrons. The summed E-state index contributed by atoms with van der Waals surface area (Å²) in [4.78, 5) is 1.16. The molecule has 0 aromatic heterocycles.